The van der Waals surface area contributed by atoms with Gasteiger partial charge in [-0.3, -0.25) is 4.79 Å². The summed E-state index contributed by atoms with van der Waals surface area (Å²) >= 11 is 1.47. The number of fused-ring (bicyclic) bond motifs is 1. The molecule has 21 heavy (non-hydrogen) atoms. The number of hydrogen-bond donors (Lipinski definition) is 1. The second-order valence-electron chi connectivity index (χ2n) is 5.82. The Kier molecular flexibility index (Phi) is 4.05. The van der Waals surface area contributed by atoms with Gasteiger partial charge in [0.2, 0.25) is 4.96 Å². The van der Waals surface area contributed by atoms with Gasteiger partial charge in [0, 0.05) is 19.2 Å². The molecule has 1 fully saturated rings. The van der Waals surface area contributed by atoms with Crippen molar-refractivity contribution >= 4 is 16.3 Å². The SMILES string of the molecule is CCc1nn2c(=O)cc(CN(C)CC3CC(O)C3)nc2s1. The van der Waals surface area contributed by atoms with Crippen LogP contribution in [0.3, 0.4) is 0 Å². The summed E-state index contributed by atoms with van der Waals surface area (Å²) in [4.78, 5) is 19.4. The zero-order chi connectivity index (χ0) is 15.0. The molecule has 0 saturated heterocycles. The molecule has 0 aliphatic heterocycles. The van der Waals surface area contributed by atoms with Crippen LogP contribution in [0.1, 0.15) is 30.5 Å². The average molecular weight is 308 g/mol. The molecule has 2 heterocycles. The molecule has 1 N–H and O–H groups in total. The molecule has 0 radical (unpaired) electrons. The summed E-state index contributed by atoms with van der Waals surface area (Å²) in [6, 6.07) is 1.57. The van der Waals surface area contributed by atoms with Crippen molar-refractivity contribution in [3.63, 3.8) is 0 Å². The van der Waals surface area contributed by atoms with Crippen LogP contribution in [-0.4, -0.2) is 44.3 Å². The number of rotatable bonds is 5. The molecule has 0 bridgehead atoms. The highest BCUT2D eigenvalue weighted by Crippen LogP contribution is 2.27. The fourth-order valence-corrected chi connectivity index (χ4v) is 3.61. The maximum absolute atomic E-state index is 12.1. The molecular formula is C14H20N4O2S. The van der Waals surface area contributed by atoms with Crippen LogP contribution in [0.5, 0.6) is 0 Å². The molecule has 3 rings (SSSR count). The van der Waals surface area contributed by atoms with Gasteiger partial charge in [-0.1, -0.05) is 18.3 Å². The number of aromatic nitrogens is 3. The monoisotopic (exact) mass is 308 g/mol. The summed E-state index contributed by atoms with van der Waals surface area (Å²) in [6.07, 6.45) is 2.46. The van der Waals surface area contributed by atoms with E-state index in [0.29, 0.717) is 17.4 Å². The Morgan fingerprint density at radius 3 is 2.95 bits per heavy atom. The van der Waals surface area contributed by atoms with Crippen LogP contribution in [-0.2, 0) is 13.0 Å². The quantitative estimate of drug-likeness (QED) is 0.889. The number of aryl methyl sites for hydroxylation is 1. The van der Waals surface area contributed by atoms with Crippen molar-refractivity contribution in [2.75, 3.05) is 13.6 Å². The van der Waals surface area contributed by atoms with E-state index >= 15 is 0 Å². The molecule has 6 nitrogen and oxygen atoms in total. The minimum Gasteiger partial charge on any atom is -0.393 e. The topological polar surface area (TPSA) is 70.7 Å². The minimum atomic E-state index is -0.118. The molecule has 0 amide bonds. The van der Waals surface area contributed by atoms with Crippen LogP contribution in [0.2, 0.25) is 0 Å². The summed E-state index contributed by atoms with van der Waals surface area (Å²) in [5.41, 5.74) is 0.673. The van der Waals surface area contributed by atoms with Crippen molar-refractivity contribution in [3.8, 4) is 0 Å². The Hall–Kier alpha value is -1.31. The summed E-state index contributed by atoms with van der Waals surface area (Å²) in [6.45, 7) is 3.60. The smallest absolute Gasteiger partial charge is 0.275 e. The molecule has 1 aliphatic carbocycles. The van der Waals surface area contributed by atoms with Crippen LogP contribution in [0.15, 0.2) is 10.9 Å². The predicted octanol–water partition coefficient (Wildman–Crippen LogP) is 0.916. The second kappa shape index (κ2) is 5.82. The van der Waals surface area contributed by atoms with Gasteiger partial charge in [-0.25, -0.2) is 4.98 Å². The van der Waals surface area contributed by atoms with Crippen LogP contribution < -0.4 is 5.56 Å². The number of aliphatic hydroxyl groups is 1. The first-order valence-electron chi connectivity index (χ1n) is 7.30. The van der Waals surface area contributed by atoms with Gasteiger partial charge in [-0.15, -0.1) is 0 Å². The maximum Gasteiger partial charge on any atom is 0.275 e. The van der Waals surface area contributed by atoms with Crippen molar-refractivity contribution in [1.82, 2.24) is 19.5 Å². The molecule has 0 spiro atoms. The van der Waals surface area contributed by atoms with E-state index in [1.54, 1.807) is 6.07 Å². The van der Waals surface area contributed by atoms with Gasteiger partial charge in [0.05, 0.1) is 11.8 Å². The highest BCUT2D eigenvalue weighted by atomic mass is 32.1. The van der Waals surface area contributed by atoms with E-state index in [2.05, 4.69) is 15.0 Å². The molecule has 0 aromatic carbocycles. The fourth-order valence-electron chi connectivity index (χ4n) is 2.75. The first-order chi connectivity index (χ1) is 10.0. The van der Waals surface area contributed by atoms with Crippen molar-refractivity contribution in [2.24, 2.45) is 5.92 Å². The maximum atomic E-state index is 12.1. The van der Waals surface area contributed by atoms with Gasteiger partial charge < -0.3 is 10.0 Å². The third-order valence-corrected chi connectivity index (χ3v) is 4.91. The molecule has 1 aliphatic rings. The largest absolute Gasteiger partial charge is 0.393 e. The van der Waals surface area contributed by atoms with Gasteiger partial charge in [0.1, 0.15) is 5.01 Å². The lowest BCUT2D eigenvalue weighted by Crippen LogP contribution is -2.37. The van der Waals surface area contributed by atoms with Gasteiger partial charge in [0.25, 0.3) is 5.56 Å². The minimum absolute atomic E-state index is 0.113. The molecular weight excluding hydrogens is 288 g/mol. The van der Waals surface area contributed by atoms with E-state index in [0.717, 1.165) is 36.5 Å². The summed E-state index contributed by atoms with van der Waals surface area (Å²) in [5, 5.41) is 14.5. The first-order valence-corrected chi connectivity index (χ1v) is 8.12. The fraction of sp³-hybridized carbons (Fsp3) is 0.643. The molecule has 114 valence electrons. The van der Waals surface area contributed by atoms with E-state index in [9.17, 15) is 9.90 Å². The van der Waals surface area contributed by atoms with Gasteiger partial charge >= 0.3 is 0 Å². The lowest BCUT2D eigenvalue weighted by atomic mass is 9.82. The summed E-state index contributed by atoms with van der Waals surface area (Å²) in [5.74, 6) is 0.560. The number of nitrogens with zero attached hydrogens (tertiary/aromatic N) is 4. The zero-order valence-corrected chi connectivity index (χ0v) is 13.1. The summed E-state index contributed by atoms with van der Waals surface area (Å²) < 4.78 is 1.38. The van der Waals surface area contributed by atoms with Crippen molar-refractivity contribution in [1.29, 1.82) is 0 Å². The Labute approximate surface area is 127 Å². The van der Waals surface area contributed by atoms with E-state index in [1.165, 1.54) is 15.9 Å². The Balaban J connectivity index is 1.73. The third kappa shape index (κ3) is 3.14. The Morgan fingerprint density at radius 2 is 2.29 bits per heavy atom. The molecule has 2 aromatic rings. The first kappa shape index (κ1) is 14.6. The van der Waals surface area contributed by atoms with Crippen molar-refractivity contribution < 1.29 is 5.11 Å². The number of hydrogen-bond acceptors (Lipinski definition) is 6. The standard InChI is InChI=1S/C14H20N4O2S/c1-3-12-16-18-13(20)6-10(15-14(18)21-12)8-17(2)7-9-4-11(19)5-9/h6,9,11,19H,3-5,7-8H2,1-2H3. The summed E-state index contributed by atoms with van der Waals surface area (Å²) in [7, 11) is 2.03. The van der Waals surface area contributed by atoms with E-state index in [-0.39, 0.29) is 11.7 Å². The Bertz CT molecular complexity index is 690. The van der Waals surface area contributed by atoms with Crippen molar-refractivity contribution in [2.45, 2.75) is 38.8 Å². The lowest BCUT2D eigenvalue weighted by Gasteiger charge is -2.34. The Morgan fingerprint density at radius 1 is 1.52 bits per heavy atom. The second-order valence-corrected chi connectivity index (χ2v) is 6.86. The van der Waals surface area contributed by atoms with Gasteiger partial charge in [0.15, 0.2) is 0 Å². The molecule has 0 unspecified atom stereocenters. The normalized spacial score (nSPS) is 21.9. The predicted molar refractivity (Wildman–Crippen MR) is 81.6 cm³/mol. The molecule has 2 aromatic heterocycles. The van der Waals surface area contributed by atoms with Crippen molar-refractivity contribution in [3.05, 3.63) is 27.1 Å². The van der Waals surface area contributed by atoms with Crippen LogP contribution in [0.25, 0.3) is 4.96 Å². The highest BCUT2D eigenvalue weighted by molar-refractivity contribution is 7.16. The van der Waals surface area contributed by atoms with E-state index < -0.39 is 0 Å². The van der Waals surface area contributed by atoms with E-state index in [4.69, 9.17) is 0 Å². The van der Waals surface area contributed by atoms with E-state index in [1.807, 2.05) is 14.0 Å². The zero-order valence-electron chi connectivity index (χ0n) is 12.3. The molecule has 0 atom stereocenters. The van der Waals surface area contributed by atoms with Crippen LogP contribution in [0, 0.1) is 5.92 Å². The van der Waals surface area contributed by atoms with Gasteiger partial charge in [-0.05, 0) is 32.2 Å². The van der Waals surface area contributed by atoms with Gasteiger partial charge in [-0.2, -0.15) is 9.61 Å². The van der Waals surface area contributed by atoms with Crippen LogP contribution in [0.4, 0.5) is 0 Å². The molecule has 1 saturated carbocycles. The number of aliphatic hydroxyl groups excluding tert-OH is 1. The van der Waals surface area contributed by atoms with Crippen LogP contribution >= 0.6 is 11.3 Å². The molecule has 7 heteroatoms. The third-order valence-electron chi connectivity index (χ3n) is 3.85. The average Bonchev–Trinajstić information content (AvgIpc) is 2.80. The highest BCUT2D eigenvalue weighted by Gasteiger charge is 2.27. The lowest BCUT2D eigenvalue weighted by molar-refractivity contribution is 0.0272.